The van der Waals surface area contributed by atoms with Gasteiger partial charge in [-0.15, -0.1) is 0 Å². The van der Waals surface area contributed by atoms with Gasteiger partial charge in [0.15, 0.2) is 0 Å². The molecule has 11 heavy (non-hydrogen) atoms. The highest BCUT2D eigenvalue weighted by Crippen LogP contribution is 2.09. The molecular weight excluding hydrogens is 144 g/mol. The summed E-state index contributed by atoms with van der Waals surface area (Å²) in [6.07, 6.45) is 3.06. The lowest BCUT2D eigenvalue weighted by atomic mass is 10.4. The molecule has 4 heteroatoms. The van der Waals surface area contributed by atoms with Crippen molar-refractivity contribution in [2.24, 2.45) is 0 Å². The second kappa shape index (κ2) is 1.88. The van der Waals surface area contributed by atoms with E-state index in [-0.39, 0.29) is 11.4 Å². The van der Waals surface area contributed by atoms with Crippen molar-refractivity contribution in [3.63, 3.8) is 0 Å². The molecule has 2 heterocycles. The van der Waals surface area contributed by atoms with E-state index < -0.39 is 0 Å². The summed E-state index contributed by atoms with van der Waals surface area (Å²) >= 11 is 0. The maximum atomic E-state index is 10.9. The van der Waals surface area contributed by atoms with Crippen molar-refractivity contribution in [3.05, 3.63) is 35.0 Å². The molecule has 0 saturated carbocycles. The minimum Gasteiger partial charge on any atom is -0.508 e. The standard InChI is InChI=1S/C7H6N2O2/c10-6-1-2-9-5(3-6)4-8-7(9)11/h1-4,10H,(H,8,11). The summed E-state index contributed by atoms with van der Waals surface area (Å²) in [4.78, 5) is 13.4. The number of aromatic amines is 1. The van der Waals surface area contributed by atoms with Crippen LogP contribution in [-0.4, -0.2) is 14.5 Å². The monoisotopic (exact) mass is 150 g/mol. The van der Waals surface area contributed by atoms with E-state index in [9.17, 15) is 4.79 Å². The van der Waals surface area contributed by atoms with Crippen molar-refractivity contribution < 1.29 is 5.11 Å². The first-order valence-corrected chi connectivity index (χ1v) is 3.16. The lowest BCUT2D eigenvalue weighted by molar-refractivity contribution is 0.475. The molecule has 2 aromatic heterocycles. The average Bonchev–Trinajstić information content (AvgIpc) is 2.32. The third-order valence-corrected chi connectivity index (χ3v) is 1.53. The molecule has 0 unspecified atom stereocenters. The van der Waals surface area contributed by atoms with Crippen molar-refractivity contribution in [2.45, 2.75) is 0 Å². The van der Waals surface area contributed by atoms with Gasteiger partial charge in [-0.2, -0.15) is 0 Å². The van der Waals surface area contributed by atoms with Crippen LogP contribution in [0.4, 0.5) is 0 Å². The molecule has 4 nitrogen and oxygen atoms in total. The number of aromatic hydroxyl groups is 1. The fourth-order valence-corrected chi connectivity index (χ4v) is 1.01. The first kappa shape index (κ1) is 6.03. The van der Waals surface area contributed by atoms with Gasteiger partial charge in [0.2, 0.25) is 0 Å². The molecule has 2 aromatic rings. The van der Waals surface area contributed by atoms with Crippen molar-refractivity contribution in [1.82, 2.24) is 9.38 Å². The minimum absolute atomic E-state index is 0.156. The number of aromatic nitrogens is 2. The second-order valence-corrected chi connectivity index (χ2v) is 2.27. The molecule has 0 aliphatic carbocycles. The van der Waals surface area contributed by atoms with Gasteiger partial charge in [0.25, 0.3) is 0 Å². The zero-order valence-electron chi connectivity index (χ0n) is 5.61. The second-order valence-electron chi connectivity index (χ2n) is 2.27. The van der Waals surface area contributed by atoms with E-state index in [0.717, 1.165) is 0 Å². The van der Waals surface area contributed by atoms with E-state index in [2.05, 4.69) is 4.98 Å². The molecule has 0 saturated heterocycles. The molecule has 0 fully saturated rings. The first-order valence-electron chi connectivity index (χ1n) is 3.16. The lowest BCUT2D eigenvalue weighted by Gasteiger charge is -1.91. The van der Waals surface area contributed by atoms with E-state index in [4.69, 9.17) is 5.11 Å². The highest BCUT2D eigenvalue weighted by molar-refractivity contribution is 5.48. The van der Waals surface area contributed by atoms with E-state index in [1.807, 2.05) is 0 Å². The summed E-state index contributed by atoms with van der Waals surface area (Å²) in [5.41, 5.74) is 0.468. The molecule has 0 aliphatic rings. The van der Waals surface area contributed by atoms with Crippen molar-refractivity contribution in [1.29, 1.82) is 0 Å². The Kier molecular flexibility index (Phi) is 1.03. The van der Waals surface area contributed by atoms with E-state index in [0.29, 0.717) is 5.52 Å². The summed E-state index contributed by atoms with van der Waals surface area (Å²) in [5.74, 6) is 0.156. The summed E-state index contributed by atoms with van der Waals surface area (Å²) in [6, 6.07) is 2.97. The van der Waals surface area contributed by atoms with Gasteiger partial charge in [-0.05, 0) is 6.07 Å². The molecule has 0 aromatic carbocycles. The van der Waals surface area contributed by atoms with E-state index in [1.54, 1.807) is 6.20 Å². The molecule has 2 N–H and O–H groups in total. The quantitative estimate of drug-likeness (QED) is 0.568. The Labute approximate surface area is 61.7 Å². The van der Waals surface area contributed by atoms with E-state index in [1.165, 1.54) is 22.7 Å². The SMILES string of the molecule is O=c1[nH]cc2cc(O)ccn12. The number of pyridine rings is 1. The number of H-pyrrole nitrogens is 1. The lowest BCUT2D eigenvalue weighted by Crippen LogP contribution is -2.07. The first-order chi connectivity index (χ1) is 5.27. The number of fused-ring (bicyclic) bond motifs is 1. The van der Waals surface area contributed by atoms with Crippen LogP contribution >= 0.6 is 0 Å². The molecule has 0 spiro atoms. The van der Waals surface area contributed by atoms with Gasteiger partial charge >= 0.3 is 5.69 Å². The van der Waals surface area contributed by atoms with Gasteiger partial charge in [-0.1, -0.05) is 0 Å². The molecule has 0 amide bonds. The molecule has 0 aliphatic heterocycles. The zero-order valence-corrected chi connectivity index (χ0v) is 5.61. The smallest absolute Gasteiger partial charge is 0.330 e. The number of hydrogen-bond donors (Lipinski definition) is 2. The molecule has 0 atom stereocenters. The molecule has 56 valence electrons. The summed E-state index contributed by atoms with van der Waals surface area (Å²) < 4.78 is 1.42. The number of hydrogen-bond acceptors (Lipinski definition) is 2. The van der Waals surface area contributed by atoms with Crippen LogP contribution in [0.15, 0.2) is 29.3 Å². The average molecular weight is 150 g/mol. The third-order valence-electron chi connectivity index (χ3n) is 1.53. The van der Waals surface area contributed by atoms with E-state index >= 15 is 0 Å². The largest absolute Gasteiger partial charge is 0.508 e. The Hall–Kier alpha value is -1.71. The maximum absolute atomic E-state index is 10.9. The van der Waals surface area contributed by atoms with Gasteiger partial charge < -0.3 is 10.1 Å². The fraction of sp³-hybridized carbons (Fsp3) is 0. The predicted molar refractivity (Wildman–Crippen MR) is 39.7 cm³/mol. The highest BCUT2D eigenvalue weighted by Gasteiger charge is 1.96. The van der Waals surface area contributed by atoms with Crippen LogP contribution in [0.25, 0.3) is 5.52 Å². The molecule has 0 radical (unpaired) electrons. The van der Waals surface area contributed by atoms with Crippen LogP contribution in [0.3, 0.4) is 0 Å². The number of imidazole rings is 1. The van der Waals surface area contributed by atoms with Crippen LogP contribution < -0.4 is 5.69 Å². The Morgan fingerprint density at radius 1 is 1.55 bits per heavy atom. The fourth-order valence-electron chi connectivity index (χ4n) is 1.01. The van der Waals surface area contributed by atoms with Gasteiger partial charge in [0.1, 0.15) is 5.75 Å². The third kappa shape index (κ3) is 0.797. The van der Waals surface area contributed by atoms with Crippen molar-refractivity contribution >= 4 is 5.52 Å². The Bertz CT molecular complexity index is 441. The van der Waals surface area contributed by atoms with Crippen LogP contribution in [-0.2, 0) is 0 Å². The molecule has 0 bridgehead atoms. The van der Waals surface area contributed by atoms with Crippen LogP contribution in [0.5, 0.6) is 5.75 Å². The topological polar surface area (TPSA) is 57.5 Å². The Morgan fingerprint density at radius 2 is 2.36 bits per heavy atom. The Morgan fingerprint density at radius 3 is 3.18 bits per heavy atom. The van der Waals surface area contributed by atoms with Crippen LogP contribution in [0, 0.1) is 0 Å². The van der Waals surface area contributed by atoms with Gasteiger partial charge in [0, 0.05) is 18.5 Å². The summed E-state index contributed by atoms with van der Waals surface area (Å²) in [5, 5.41) is 9.01. The predicted octanol–water partition coefficient (Wildman–Crippen LogP) is 0.333. The maximum Gasteiger partial charge on any atom is 0.330 e. The molecule has 2 rings (SSSR count). The molecular formula is C7H6N2O2. The van der Waals surface area contributed by atoms with Crippen LogP contribution in [0.1, 0.15) is 0 Å². The Balaban J connectivity index is 2.97. The van der Waals surface area contributed by atoms with Gasteiger partial charge in [-0.25, -0.2) is 4.79 Å². The minimum atomic E-state index is -0.194. The zero-order chi connectivity index (χ0) is 7.84. The van der Waals surface area contributed by atoms with Crippen molar-refractivity contribution in [2.75, 3.05) is 0 Å². The van der Waals surface area contributed by atoms with Crippen molar-refractivity contribution in [3.8, 4) is 5.75 Å². The highest BCUT2D eigenvalue weighted by atomic mass is 16.3. The van der Waals surface area contributed by atoms with Crippen LogP contribution in [0.2, 0.25) is 0 Å². The number of nitrogens with one attached hydrogen (secondary N) is 1. The number of nitrogens with zero attached hydrogens (tertiary/aromatic N) is 1. The van der Waals surface area contributed by atoms with Gasteiger partial charge in [-0.3, -0.25) is 4.40 Å². The summed E-state index contributed by atoms with van der Waals surface area (Å²) in [7, 11) is 0. The normalized spacial score (nSPS) is 10.5. The van der Waals surface area contributed by atoms with Gasteiger partial charge in [0.05, 0.1) is 5.52 Å². The summed E-state index contributed by atoms with van der Waals surface area (Å²) in [6.45, 7) is 0. The number of rotatable bonds is 0.